The van der Waals surface area contributed by atoms with Crippen molar-refractivity contribution in [3.05, 3.63) is 29.8 Å². The van der Waals surface area contributed by atoms with Gasteiger partial charge in [-0.1, -0.05) is 12.1 Å². The molecule has 2 unspecified atom stereocenters. The maximum Gasteiger partial charge on any atom is 0.174 e. The average molecular weight is 266 g/mol. The smallest absolute Gasteiger partial charge is 0.174 e. The number of hydrogen-bond donors (Lipinski definition) is 1. The molecule has 1 rings (SSSR count). The van der Waals surface area contributed by atoms with Crippen molar-refractivity contribution < 1.29 is 8.95 Å². The largest absolute Gasteiger partial charge is 0.479 e. The highest BCUT2D eigenvalue weighted by Crippen LogP contribution is 2.11. The number of rotatable bonds is 7. The molecule has 0 fully saturated rings. The Bertz CT molecular complexity index is 426. The first kappa shape index (κ1) is 14.7. The maximum atomic E-state index is 11.0. The Morgan fingerprint density at radius 3 is 2.67 bits per heavy atom. The van der Waals surface area contributed by atoms with Gasteiger partial charge in [0, 0.05) is 35.4 Å². The lowest BCUT2D eigenvalue weighted by molar-refractivity contribution is 0.368. The molecule has 0 aliphatic carbocycles. The van der Waals surface area contributed by atoms with E-state index >= 15 is 0 Å². The zero-order chi connectivity index (χ0) is 13.4. The van der Waals surface area contributed by atoms with Crippen molar-refractivity contribution in [2.45, 2.75) is 19.5 Å². The molecule has 0 saturated carbocycles. The van der Waals surface area contributed by atoms with Gasteiger partial charge in [-0.2, -0.15) is 5.26 Å². The second kappa shape index (κ2) is 7.85. The highest BCUT2D eigenvalue weighted by molar-refractivity contribution is 7.84. The normalized spacial score (nSPS) is 13.6. The predicted molar refractivity (Wildman–Crippen MR) is 72.8 cm³/mol. The van der Waals surface area contributed by atoms with E-state index in [4.69, 9.17) is 10.00 Å². The molecule has 0 radical (unpaired) electrons. The summed E-state index contributed by atoms with van der Waals surface area (Å²) in [7, 11) is -0.774. The number of hydrogen-bond acceptors (Lipinski definition) is 4. The van der Waals surface area contributed by atoms with E-state index in [1.807, 2.05) is 37.3 Å². The summed E-state index contributed by atoms with van der Waals surface area (Å²) < 4.78 is 16.2. The quantitative estimate of drug-likeness (QED) is 0.811. The fourth-order valence-corrected chi connectivity index (χ4v) is 2.34. The second-order valence-corrected chi connectivity index (χ2v) is 5.59. The van der Waals surface area contributed by atoms with Crippen LogP contribution in [0.2, 0.25) is 0 Å². The molecule has 4 nitrogen and oxygen atoms in total. The van der Waals surface area contributed by atoms with Crippen molar-refractivity contribution in [3.8, 4) is 11.8 Å². The minimum absolute atomic E-state index is 0.0664. The molecular weight excluding hydrogens is 248 g/mol. The van der Waals surface area contributed by atoms with Crippen molar-refractivity contribution >= 4 is 10.8 Å². The molecule has 0 bridgehead atoms. The van der Waals surface area contributed by atoms with E-state index in [-0.39, 0.29) is 12.6 Å². The van der Waals surface area contributed by atoms with Crippen LogP contribution < -0.4 is 10.1 Å². The van der Waals surface area contributed by atoms with Gasteiger partial charge in [0.15, 0.2) is 6.61 Å². The third kappa shape index (κ3) is 5.80. The molecular formula is C13H18N2O2S. The van der Waals surface area contributed by atoms with Gasteiger partial charge < -0.3 is 10.1 Å². The van der Waals surface area contributed by atoms with E-state index in [1.54, 1.807) is 6.26 Å². The number of ether oxygens (including phenoxy) is 1. The van der Waals surface area contributed by atoms with Gasteiger partial charge in [-0.05, 0) is 24.6 Å². The molecule has 18 heavy (non-hydrogen) atoms. The summed E-state index contributed by atoms with van der Waals surface area (Å²) in [6, 6.07) is 9.75. The maximum absolute atomic E-state index is 11.0. The third-order valence-electron chi connectivity index (χ3n) is 2.37. The molecule has 1 aromatic rings. The highest BCUT2D eigenvalue weighted by atomic mass is 32.2. The SMILES string of the molecule is CC(CS(C)=O)NCc1ccc(OCC#N)cc1. The fourth-order valence-electron chi connectivity index (χ4n) is 1.52. The number of nitrogens with zero attached hydrogens (tertiary/aromatic N) is 1. The van der Waals surface area contributed by atoms with Crippen molar-refractivity contribution in [1.82, 2.24) is 5.32 Å². The van der Waals surface area contributed by atoms with Gasteiger partial charge in [0.1, 0.15) is 11.8 Å². The molecule has 0 aromatic heterocycles. The fraction of sp³-hybridized carbons (Fsp3) is 0.462. The van der Waals surface area contributed by atoms with E-state index in [2.05, 4.69) is 5.32 Å². The molecule has 5 heteroatoms. The number of nitrogens with one attached hydrogen (secondary N) is 1. The second-order valence-electron chi connectivity index (χ2n) is 4.11. The molecule has 0 heterocycles. The van der Waals surface area contributed by atoms with Gasteiger partial charge in [-0.3, -0.25) is 4.21 Å². The van der Waals surface area contributed by atoms with Gasteiger partial charge in [0.05, 0.1) is 0 Å². The van der Waals surface area contributed by atoms with Crippen LogP contribution in [0, 0.1) is 11.3 Å². The van der Waals surface area contributed by atoms with Crippen LogP contribution in [-0.2, 0) is 17.3 Å². The van der Waals surface area contributed by atoms with E-state index in [9.17, 15) is 4.21 Å². The zero-order valence-electron chi connectivity index (χ0n) is 10.7. The van der Waals surface area contributed by atoms with Gasteiger partial charge in [0.2, 0.25) is 0 Å². The molecule has 1 N–H and O–H groups in total. The van der Waals surface area contributed by atoms with Crippen LogP contribution in [0.5, 0.6) is 5.75 Å². The summed E-state index contributed by atoms with van der Waals surface area (Å²) in [6.07, 6.45) is 1.71. The van der Waals surface area contributed by atoms with Crippen LogP contribution in [0.1, 0.15) is 12.5 Å². The summed E-state index contributed by atoms with van der Waals surface area (Å²) >= 11 is 0. The molecule has 98 valence electrons. The Hall–Kier alpha value is -1.38. The molecule has 0 aliphatic rings. The van der Waals surface area contributed by atoms with E-state index < -0.39 is 10.8 Å². The van der Waals surface area contributed by atoms with Crippen LogP contribution in [0.3, 0.4) is 0 Å². The summed E-state index contributed by atoms with van der Waals surface area (Å²) in [5, 5.41) is 11.7. The highest BCUT2D eigenvalue weighted by Gasteiger charge is 2.03. The standard InChI is InChI=1S/C13H18N2O2S/c1-11(10-18(2)16)15-9-12-3-5-13(6-4-12)17-8-7-14/h3-6,11,15H,8-10H2,1-2H3. The van der Waals surface area contributed by atoms with Gasteiger partial charge in [-0.15, -0.1) is 0 Å². The minimum atomic E-state index is -0.774. The molecule has 0 saturated heterocycles. The van der Waals surface area contributed by atoms with Gasteiger partial charge in [0.25, 0.3) is 0 Å². The van der Waals surface area contributed by atoms with Gasteiger partial charge >= 0.3 is 0 Å². The molecule has 0 aliphatic heterocycles. The van der Waals surface area contributed by atoms with Crippen LogP contribution in [0.4, 0.5) is 0 Å². The number of benzene rings is 1. The van der Waals surface area contributed by atoms with Crippen molar-refractivity contribution in [1.29, 1.82) is 5.26 Å². The lowest BCUT2D eigenvalue weighted by Gasteiger charge is -2.12. The Kier molecular flexibility index (Phi) is 6.40. The third-order valence-corrected chi connectivity index (χ3v) is 3.34. The predicted octanol–water partition coefficient (Wildman–Crippen LogP) is 1.45. The monoisotopic (exact) mass is 266 g/mol. The summed E-state index contributed by atoms with van der Waals surface area (Å²) in [5.74, 6) is 1.35. The van der Waals surface area contributed by atoms with Crippen molar-refractivity contribution in [2.24, 2.45) is 0 Å². The lowest BCUT2D eigenvalue weighted by Crippen LogP contribution is -2.30. The summed E-state index contributed by atoms with van der Waals surface area (Å²) in [5.41, 5.74) is 1.13. The molecule has 0 amide bonds. The Morgan fingerprint density at radius 2 is 2.11 bits per heavy atom. The molecule has 1 aromatic carbocycles. The lowest BCUT2D eigenvalue weighted by atomic mass is 10.2. The van der Waals surface area contributed by atoms with Crippen molar-refractivity contribution in [2.75, 3.05) is 18.6 Å². The van der Waals surface area contributed by atoms with Crippen LogP contribution in [-0.4, -0.2) is 28.9 Å². The molecule has 2 atom stereocenters. The molecule has 0 spiro atoms. The minimum Gasteiger partial charge on any atom is -0.479 e. The van der Waals surface area contributed by atoms with Crippen LogP contribution in [0.25, 0.3) is 0 Å². The average Bonchev–Trinajstić information content (AvgIpc) is 2.34. The van der Waals surface area contributed by atoms with E-state index in [1.165, 1.54) is 0 Å². The Labute approximate surface area is 110 Å². The van der Waals surface area contributed by atoms with E-state index in [0.717, 1.165) is 12.1 Å². The van der Waals surface area contributed by atoms with Crippen molar-refractivity contribution in [3.63, 3.8) is 0 Å². The first-order valence-electron chi connectivity index (χ1n) is 5.74. The van der Waals surface area contributed by atoms with Crippen LogP contribution >= 0.6 is 0 Å². The number of nitriles is 1. The first-order valence-corrected chi connectivity index (χ1v) is 7.46. The summed E-state index contributed by atoms with van der Waals surface area (Å²) in [6.45, 7) is 2.82. The Balaban J connectivity index is 2.39. The zero-order valence-corrected chi connectivity index (χ0v) is 11.5. The first-order chi connectivity index (χ1) is 8.61. The topological polar surface area (TPSA) is 62.1 Å². The van der Waals surface area contributed by atoms with E-state index in [0.29, 0.717) is 11.5 Å². The van der Waals surface area contributed by atoms with Crippen LogP contribution in [0.15, 0.2) is 24.3 Å². The van der Waals surface area contributed by atoms with Gasteiger partial charge in [-0.25, -0.2) is 0 Å². The summed E-state index contributed by atoms with van der Waals surface area (Å²) in [4.78, 5) is 0. The Morgan fingerprint density at radius 1 is 1.44 bits per heavy atom.